The van der Waals surface area contributed by atoms with Crippen LogP contribution in [0, 0.1) is 0 Å². The van der Waals surface area contributed by atoms with Gasteiger partial charge in [0.1, 0.15) is 4.88 Å². The summed E-state index contributed by atoms with van der Waals surface area (Å²) in [7, 11) is 0. The van der Waals surface area contributed by atoms with E-state index in [0.717, 1.165) is 22.4 Å². The third-order valence-corrected chi connectivity index (χ3v) is 5.03. The van der Waals surface area contributed by atoms with E-state index >= 15 is 0 Å². The van der Waals surface area contributed by atoms with E-state index < -0.39 is 0 Å². The fourth-order valence-corrected chi connectivity index (χ4v) is 3.60. The van der Waals surface area contributed by atoms with Crippen LogP contribution in [0.3, 0.4) is 0 Å². The van der Waals surface area contributed by atoms with Crippen molar-refractivity contribution >= 4 is 28.1 Å². The summed E-state index contributed by atoms with van der Waals surface area (Å²) in [5, 5.41) is 3.31. The number of nitrogen functional groups attached to an aromatic ring is 1. The number of benzene rings is 3. The van der Waals surface area contributed by atoms with Crippen molar-refractivity contribution in [1.29, 1.82) is 0 Å². The summed E-state index contributed by atoms with van der Waals surface area (Å²) < 4.78 is 0. The lowest BCUT2D eigenvalue weighted by Gasteiger charge is -2.07. The molecule has 3 N–H and O–H groups in total. The van der Waals surface area contributed by atoms with E-state index in [0.29, 0.717) is 15.7 Å². The van der Waals surface area contributed by atoms with Crippen LogP contribution in [0.1, 0.15) is 9.67 Å². The molecule has 1 amide bonds. The second-order valence-electron chi connectivity index (χ2n) is 5.99. The van der Waals surface area contributed by atoms with Crippen molar-refractivity contribution in [3.63, 3.8) is 0 Å². The number of nitrogens with one attached hydrogen (secondary N) is 1. The fourth-order valence-electron chi connectivity index (χ4n) is 2.85. The first-order chi connectivity index (χ1) is 13.2. The Bertz CT molecular complexity index is 1060. The highest BCUT2D eigenvalue weighted by molar-refractivity contribution is 7.17. The molecular formula is C22H17N3OS. The molecule has 0 unspecified atom stereocenters. The van der Waals surface area contributed by atoms with Crippen LogP contribution >= 0.6 is 11.3 Å². The Kier molecular flexibility index (Phi) is 4.68. The number of carbonyl (C=O) groups excluding carboxylic acids is 1. The van der Waals surface area contributed by atoms with Crippen molar-refractivity contribution < 1.29 is 4.79 Å². The minimum absolute atomic E-state index is 0.212. The standard InChI is InChI=1S/C22H17N3OS/c23-22-25-19(17-9-5-2-6-10-17)20(27-22)21(26)24-18-13-11-16(12-14-18)15-7-3-1-4-8-15/h1-14H,(H2,23,25)(H,24,26). The van der Waals surface area contributed by atoms with Gasteiger partial charge >= 0.3 is 0 Å². The number of rotatable bonds is 4. The van der Waals surface area contributed by atoms with Crippen molar-refractivity contribution in [3.8, 4) is 22.4 Å². The van der Waals surface area contributed by atoms with E-state index in [1.54, 1.807) is 0 Å². The highest BCUT2D eigenvalue weighted by atomic mass is 32.1. The van der Waals surface area contributed by atoms with E-state index in [9.17, 15) is 4.79 Å². The molecule has 0 aliphatic rings. The number of anilines is 2. The summed E-state index contributed by atoms with van der Waals surface area (Å²) in [6, 6.07) is 27.5. The molecule has 5 heteroatoms. The number of hydrogen-bond acceptors (Lipinski definition) is 4. The molecule has 0 aliphatic carbocycles. The Hall–Kier alpha value is -3.44. The number of hydrogen-bond donors (Lipinski definition) is 2. The number of amides is 1. The summed E-state index contributed by atoms with van der Waals surface area (Å²) in [6.45, 7) is 0. The Labute approximate surface area is 161 Å². The van der Waals surface area contributed by atoms with Gasteiger partial charge in [-0.25, -0.2) is 4.98 Å². The van der Waals surface area contributed by atoms with E-state index in [-0.39, 0.29) is 5.91 Å². The molecule has 0 aliphatic heterocycles. The predicted octanol–water partition coefficient (Wildman–Crippen LogP) is 5.31. The molecule has 132 valence electrons. The van der Waals surface area contributed by atoms with E-state index in [2.05, 4.69) is 22.4 Å². The summed E-state index contributed by atoms with van der Waals surface area (Å²) in [4.78, 5) is 17.6. The quantitative estimate of drug-likeness (QED) is 0.511. The molecule has 0 radical (unpaired) electrons. The molecule has 1 aromatic heterocycles. The summed E-state index contributed by atoms with van der Waals surface area (Å²) >= 11 is 1.19. The lowest BCUT2D eigenvalue weighted by atomic mass is 10.1. The summed E-state index contributed by atoms with van der Waals surface area (Å²) in [6.07, 6.45) is 0. The van der Waals surface area contributed by atoms with Crippen molar-refractivity contribution in [2.75, 3.05) is 11.1 Å². The third-order valence-electron chi connectivity index (χ3n) is 4.15. The molecule has 3 aromatic carbocycles. The molecule has 4 nitrogen and oxygen atoms in total. The van der Waals surface area contributed by atoms with Crippen LogP contribution < -0.4 is 11.1 Å². The van der Waals surface area contributed by atoms with Crippen molar-refractivity contribution in [3.05, 3.63) is 89.8 Å². The van der Waals surface area contributed by atoms with Crippen LogP contribution in [-0.4, -0.2) is 10.9 Å². The Morgan fingerprint density at radius 3 is 1.96 bits per heavy atom. The van der Waals surface area contributed by atoms with E-state index in [1.165, 1.54) is 11.3 Å². The lowest BCUT2D eigenvalue weighted by Crippen LogP contribution is -2.11. The lowest BCUT2D eigenvalue weighted by molar-refractivity contribution is 0.103. The Morgan fingerprint density at radius 2 is 1.33 bits per heavy atom. The zero-order valence-electron chi connectivity index (χ0n) is 14.4. The first kappa shape index (κ1) is 17.0. The van der Waals surface area contributed by atoms with Crippen LogP contribution in [0.4, 0.5) is 10.8 Å². The normalized spacial score (nSPS) is 10.5. The third kappa shape index (κ3) is 3.73. The zero-order chi connectivity index (χ0) is 18.6. The Morgan fingerprint density at radius 1 is 0.778 bits per heavy atom. The van der Waals surface area contributed by atoms with Crippen molar-refractivity contribution in [2.45, 2.75) is 0 Å². The molecule has 0 saturated heterocycles. The van der Waals surface area contributed by atoms with Crippen molar-refractivity contribution in [1.82, 2.24) is 4.98 Å². The first-order valence-corrected chi connectivity index (χ1v) is 9.31. The van der Waals surface area contributed by atoms with Gasteiger partial charge in [0.2, 0.25) is 0 Å². The maximum Gasteiger partial charge on any atom is 0.268 e. The SMILES string of the molecule is Nc1nc(-c2ccccc2)c(C(=O)Nc2ccc(-c3ccccc3)cc2)s1. The first-order valence-electron chi connectivity index (χ1n) is 8.49. The second kappa shape index (κ2) is 7.43. The number of carbonyl (C=O) groups is 1. The molecule has 4 aromatic rings. The smallest absolute Gasteiger partial charge is 0.268 e. The largest absolute Gasteiger partial charge is 0.375 e. The second-order valence-corrected chi connectivity index (χ2v) is 7.02. The molecule has 0 spiro atoms. The fraction of sp³-hybridized carbons (Fsp3) is 0. The van der Waals surface area contributed by atoms with Gasteiger partial charge in [-0.2, -0.15) is 0 Å². The predicted molar refractivity (Wildman–Crippen MR) is 112 cm³/mol. The van der Waals surface area contributed by atoms with Gasteiger partial charge < -0.3 is 11.1 Å². The summed E-state index contributed by atoms with van der Waals surface area (Å²) in [5.74, 6) is -0.212. The highest BCUT2D eigenvalue weighted by Gasteiger charge is 2.18. The van der Waals surface area contributed by atoms with Crippen LogP contribution in [0.25, 0.3) is 22.4 Å². The van der Waals surface area contributed by atoms with Gasteiger partial charge in [0.05, 0.1) is 5.69 Å². The van der Waals surface area contributed by atoms with Crippen LogP contribution in [0.5, 0.6) is 0 Å². The monoisotopic (exact) mass is 371 g/mol. The Balaban J connectivity index is 1.57. The molecule has 4 rings (SSSR count). The maximum atomic E-state index is 12.8. The number of nitrogens with zero attached hydrogens (tertiary/aromatic N) is 1. The van der Waals surface area contributed by atoms with Crippen LogP contribution in [-0.2, 0) is 0 Å². The number of aromatic nitrogens is 1. The van der Waals surface area contributed by atoms with Gasteiger partial charge in [-0.05, 0) is 23.3 Å². The van der Waals surface area contributed by atoms with E-state index in [4.69, 9.17) is 5.73 Å². The average Bonchev–Trinajstić information content (AvgIpc) is 3.12. The van der Waals surface area contributed by atoms with Gasteiger partial charge in [0, 0.05) is 11.3 Å². The van der Waals surface area contributed by atoms with Gasteiger partial charge in [-0.1, -0.05) is 84.1 Å². The molecule has 0 saturated carbocycles. The molecule has 27 heavy (non-hydrogen) atoms. The van der Waals surface area contributed by atoms with Crippen molar-refractivity contribution in [2.24, 2.45) is 0 Å². The van der Waals surface area contributed by atoms with E-state index in [1.807, 2.05) is 72.8 Å². The molecule has 0 bridgehead atoms. The maximum absolute atomic E-state index is 12.8. The molecule has 1 heterocycles. The summed E-state index contributed by atoms with van der Waals surface area (Å²) in [5.41, 5.74) is 10.3. The van der Waals surface area contributed by atoms with Gasteiger partial charge in [0.15, 0.2) is 5.13 Å². The molecule has 0 fully saturated rings. The van der Waals surface area contributed by atoms with Gasteiger partial charge in [0.25, 0.3) is 5.91 Å². The molecule has 0 atom stereocenters. The van der Waals surface area contributed by atoms with Gasteiger partial charge in [-0.15, -0.1) is 0 Å². The van der Waals surface area contributed by atoms with Crippen LogP contribution in [0.15, 0.2) is 84.9 Å². The molecular weight excluding hydrogens is 354 g/mol. The average molecular weight is 371 g/mol. The van der Waals surface area contributed by atoms with Gasteiger partial charge in [-0.3, -0.25) is 4.79 Å². The zero-order valence-corrected chi connectivity index (χ0v) is 15.2. The minimum Gasteiger partial charge on any atom is -0.375 e. The minimum atomic E-state index is -0.212. The number of nitrogens with two attached hydrogens (primary N) is 1. The van der Waals surface area contributed by atoms with Crippen LogP contribution in [0.2, 0.25) is 0 Å². The highest BCUT2D eigenvalue weighted by Crippen LogP contribution is 2.30. The topological polar surface area (TPSA) is 68.0 Å². The number of thiazole rings is 1.